The maximum Gasteiger partial charge on any atom is 0.273 e. The molecule has 106 valence electrons. The van der Waals surface area contributed by atoms with Gasteiger partial charge >= 0.3 is 0 Å². The van der Waals surface area contributed by atoms with Crippen LogP contribution in [0, 0.1) is 5.82 Å². The number of carbonyl (C=O) groups excluding carboxylic acids is 1. The van der Waals surface area contributed by atoms with E-state index in [2.05, 4.69) is 10.4 Å². The van der Waals surface area contributed by atoms with Gasteiger partial charge in [-0.2, -0.15) is 5.10 Å². The minimum Gasteiger partial charge on any atom is -0.505 e. The molecule has 0 saturated carbocycles. The second-order valence-electron chi connectivity index (χ2n) is 4.31. The SMILES string of the molecule is CCc1cc(C(=O)Nc2ccc(O)c(F)c2)n(CC)n1. The van der Waals surface area contributed by atoms with Gasteiger partial charge in [0.2, 0.25) is 0 Å². The van der Waals surface area contributed by atoms with Crippen molar-refractivity contribution in [2.45, 2.75) is 26.8 Å². The number of phenols is 1. The predicted molar refractivity (Wildman–Crippen MR) is 73.3 cm³/mol. The number of amides is 1. The van der Waals surface area contributed by atoms with Crippen LogP contribution in [0.1, 0.15) is 30.0 Å². The topological polar surface area (TPSA) is 67.2 Å². The zero-order valence-corrected chi connectivity index (χ0v) is 11.4. The van der Waals surface area contributed by atoms with Crippen LogP contribution in [0.15, 0.2) is 24.3 Å². The molecule has 1 aromatic heterocycles. The second-order valence-corrected chi connectivity index (χ2v) is 4.31. The second kappa shape index (κ2) is 5.73. The molecule has 0 radical (unpaired) electrons. The summed E-state index contributed by atoms with van der Waals surface area (Å²) in [6.45, 7) is 4.43. The maximum atomic E-state index is 13.2. The number of hydrogen-bond donors (Lipinski definition) is 2. The van der Waals surface area contributed by atoms with Gasteiger partial charge in [0, 0.05) is 18.3 Å². The number of halogens is 1. The van der Waals surface area contributed by atoms with Gasteiger partial charge in [0.15, 0.2) is 11.6 Å². The van der Waals surface area contributed by atoms with E-state index in [9.17, 15) is 9.18 Å². The van der Waals surface area contributed by atoms with Crippen molar-refractivity contribution in [2.24, 2.45) is 0 Å². The van der Waals surface area contributed by atoms with Gasteiger partial charge in [0.1, 0.15) is 5.69 Å². The van der Waals surface area contributed by atoms with Crippen molar-refractivity contribution in [1.82, 2.24) is 9.78 Å². The van der Waals surface area contributed by atoms with Gasteiger partial charge in [-0.05, 0) is 31.5 Å². The van der Waals surface area contributed by atoms with Gasteiger partial charge in [0.05, 0.1) is 5.69 Å². The Kier molecular flexibility index (Phi) is 4.02. The molecule has 2 aromatic rings. The molecule has 1 aromatic carbocycles. The van der Waals surface area contributed by atoms with Gasteiger partial charge in [-0.25, -0.2) is 4.39 Å². The highest BCUT2D eigenvalue weighted by atomic mass is 19.1. The molecule has 1 heterocycles. The quantitative estimate of drug-likeness (QED) is 0.844. The molecule has 2 N–H and O–H groups in total. The predicted octanol–water partition coefficient (Wildman–Crippen LogP) is 2.56. The Hall–Kier alpha value is -2.37. The first kappa shape index (κ1) is 14.0. The molecule has 6 heteroatoms. The Morgan fingerprint density at radius 2 is 2.15 bits per heavy atom. The zero-order chi connectivity index (χ0) is 14.7. The summed E-state index contributed by atoms with van der Waals surface area (Å²) in [5, 5.41) is 16.0. The minimum atomic E-state index is -0.777. The lowest BCUT2D eigenvalue weighted by Gasteiger charge is -2.07. The van der Waals surface area contributed by atoms with Crippen LogP contribution in [0.3, 0.4) is 0 Å². The summed E-state index contributed by atoms with van der Waals surface area (Å²) in [6, 6.07) is 5.42. The molecule has 0 aliphatic heterocycles. The Morgan fingerprint density at radius 1 is 1.40 bits per heavy atom. The third-order valence-electron chi connectivity index (χ3n) is 2.93. The van der Waals surface area contributed by atoms with E-state index in [1.165, 1.54) is 12.1 Å². The fourth-order valence-corrected chi connectivity index (χ4v) is 1.85. The summed E-state index contributed by atoms with van der Waals surface area (Å²) in [4.78, 5) is 12.2. The summed E-state index contributed by atoms with van der Waals surface area (Å²) < 4.78 is 14.8. The van der Waals surface area contributed by atoms with Gasteiger partial charge in [-0.3, -0.25) is 9.48 Å². The van der Waals surface area contributed by atoms with Crippen molar-refractivity contribution in [1.29, 1.82) is 0 Å². The normalized spacial score (nSPS) is 10.6. The summed E-state index contributed by atoms with van der Waals surface area (Å²) in [5.74, 6) is -1.58. The first-order valence-corrected chi connectivity index (χ1v) is 6.41. The third kappa shape index (κ3) is 2.79. The van der Waals surface area contributed by atoms with E-state index in [4.69, 9.17) is 5.11 Å². The highest BCUT2D eigenvalue weighted by molar-refractivity contribution is 6.03. The molecule has 0 bridgehead atoms. The lowest BCUT2D eigenvalue weighted by molar-refractivity contribution is 0.101. The summed E-state index contributed by atoms with van der Waals surface area (Å²) in [5.41, 5.74) is 1.54. The van der Waals surface area contributed by atoms with Gasteiger partial charge in [-0.1, -0.05) is 6.92 Å². The Balaban J connectivity index is 2.23. The molecule has 0 fully saturated rings. The largest absolute Gasteiger partial charge is 0.505 e. The highest BCUT2D eigenvalue weighted by Gasteiger charge is 2.14. The van der Waals surface area contributed by atoms with E-state index >= 15 is 0 Å². The van der Waals surface area contributed by atoms with Crippen LogP contribution >= 0.6 is 0 Å². The number of aromatic hydroxyl groups is 1. The molecule has 2 rings (SSSR count). The van der Waals surface area contributed by atoms with Crippen molar-refractivity contribution in [3.05, 3.63) is 41.5 Å². The van der Waals surface area contributed by atoms with Crippen LogP contribution in [0.2, 0.25) is 0 Å². The average Bonchev–Trinajstić information content (AvgIpc) is 2.86. The number of phenolic OH excluding ortho intramolecular Hbond substituents is 1. The van der Waals surface area contributed by atoms with Crippen LogP contribution < -0.4 is 5.32 Å². The smallest absolute Gasteiger partial charge is 0.273 e. The van der Waals surface area contributed by atoms with Crippen LogP contribution in [0.5, 0.6) is 5.75 Å². The Labute approximate surface area is 116 Å². The van der Waals surface area contributed by atoms with Crippen molar-refractivity contribution in [2.75, 3.05) is 5.32 Å². The number of rotatable bonds is 4. The number of carbonyl (C=O) groups is 1. The van der Waals surface area contributed by atoms with E-state index in [0.717, 1.165) is 18.2 Å². The zero-order valence-electron chi connectivity index (χ0n) is 11.4. The molecule has 0 saturated heterocycles. The molecule has 5 nitrogen and oxygen atoms in total. The molecule has 0 aliphatic carbocycles. The molecule has 20 heavy (non-hydrogen) atoms. The fourth-order valence-electron chi connectivity index (χ4n) is 1.85. The lowest BCUT2D eigenvalue weighted by Crippen LogP contribution is -2.17. The average molecular weight is 277 g/mol. The van der Waals surface area contributed by atoms with E-state index in [-0.39, 0.29) is 11.6 Å². The maximum absolute atomic E-state index is 13.2. The van der Waals surface area contributed by atoms with Crippen LogP contribution in [-0.4, -0.2) is 20.8 Å². The van der Waals surface area contributed by atoms with Crippen molar-refractivity contribution in [3.63, 3.8) is 0 Å². The number of aryl methyl sites for hydroxylation is 2. The van der Waals surface area contributed by atoms with E-state index in [1.807, 2.05) is 13.8 Å². The number of hydrogen-bond acceptors (Lipinski definition) is 3. The van der Waals surface area contributed by atoms with Gasteiger partial charge < -0.3 is 10.4 Å². The van der Waals surface area contributed by atoms with Crippen molar-refractivity contribution >= 4 is 11.6 Å². The Bertz CT molecular complexity index is 637. The number of benzene rings is 1. The van der Waals surface area contributed by atoms with Gasteiger partial charge in [-0.15, -0.1) is 0 Å². The standard InChI is InChI=1S/C14H16FN3O2/c1-3-9-8-12(18(4-2)17-9)14(20)16-10-5-6-13(19)11(15)7-10/h5-8,19H,3-4H2,1-2H3,(H,16,20). The summed E-state index contributed by atoms with van der Waals surface area (Å²) >= 11 is 0. The fraction of sp³-hybridized carbons (Fsp3) is 0.286. The molecule has 0 unspecified atom stereocenters. The van der Waals surface area contributed by atoms with Crippen LogP contribution in [0.4, 0.5) is 10.1 Å². The third-order valence-corrected chi connectivity index (χ3v) is 2.93. The number of anilines is 1. The van der Waals surface area contributed by atoms with Gasteiger partial charge in [0.25, 0.3) is 5.91 Å². The molecule has 1 amide bonds. The molecular formula is C14H16FN3O2. The Morgan fingerprint density at radius 3 is 2.75 bits per heavy atom. The molecule has 0 atom stereocenters. The number of aromatic nitrogens is 2. The van der Waals surface area contributed by atoms with Crippen LogP contribution in [0.25, 0.3) is 0 Å². The van der Waals surface area contributed by atoms with Crippen molar-refractivity contribution in [3.8, 4) is 5.75 Å². The molecule has 0 spiro atoms. The molecular weight excluding hydrogens is 261 g/mol. The van der Waals surface area contributed by atoms with E-state index in [1.54, 1.807) is 10.7 Å². The first-order chi connectivity index (χ1) is 9.55. The van der Waals surface area contributed by atoms with E-state index < -0.39 is 11.6 Å². The molecule has 0 aliphatic rings. The number of nitrogens with zero attached hydrogens (tertiary/aromatic N) is 2. The van der Waals surface area contributed by atoms with E-state index in [0.29, 0.717) is 12.2 Å². The lowest BCUT2D eigenvalue weighted by atomic mass is 10.2. The highest BCUT2D eigenvalue weighted by Crippen LogP contribution is 2.20. The van der Waals surface area contributed by atoms with Crippen molar-refractivity contribution < 1.29 is 14.3 Å². The van der Waals surface area contributed by atoms with Crippen LogP contribution in [-0.2, 0) is 13.0 Å². The summed E-state index contributed by atoms with van der Waals surface area (Å²) in [6.07, 6.45) is 0.737. The first-order valence-electron chi connectivity index (χ1n) is 6.41. The monoisotopic (exact) mass is 277 g/mol. The minimum absolute atomic E-state index is 0.284. The number of nitrogens with one attached hydrogen (secondary N) is 1. The summed E-state index contributed by atoms with van der Waals surface area (Å²) in [7, 11) is 0.